The van der Waals surface area contributed by atoms with Crippen LogP contribution in [0.15, 0.2) is 109 Å². The molecule has 0 saturated carbocycles. The molecule has 294 valence electrons. The number of hydroxylamine groups is 1. The Kier molecular flexibility index (Phi) is 16.1. The molecule has 1 aliphatic heterocycles. The number of carbonyl (C=O) groups excluding carboxylic acids is 5. The van der Waals surface area contributed by atoms with Crippen LogP contribution >= 0.6 is 11.8 Å². The molecule has 0 bridgehead atoms. The van der Waals surface area contributed by atoms with Gasteiger partial charge >= 0.3 is 6.09 Å². The maximum absolute atomic E-state index is 13.9. The van der Waals surface area contributed by atoms with E-state index in [-0.39, 0.29) is 43.4 Å². The Morgan fingerprint density at radius 1 is 0.804 bits per heavy atom. The van der Waals surface area contributed by atoms with E-state index in [0.29, 0.717) is 37.1 Å². The van der Waals surface area contributed by atoms with Crippen LogP contribution in [-0.4, -0.2) is 70.0 Å². The molecule has 0 aromatic heterocycles. The van der Waals surface area contributed by atoms with E-state index in [1.54, 1.807) is 17.6 Å². The van der Waals surface area contributed by atoms with E-state index >= 15 is 0 Å². The molecule has 5 rings (SSSR count). The summed E-state index contributed by atoms with van der Waals surface area (Å²) >= 11 is 1.42. The molecule has 56 heavy (non-hydrogen) atoms. The van der Waals surface area contributed by atoms with Crippen molar-refractivity contribution >= 4 is 41.4 Å². The molecule has 11 nitrogen and oxygen atoms in total. The maximum atomic E-state index is 13.9. The Morgan fingerprint density at radius 3 is 2.09 bits per heavy atom. The Balaban J connectivity index is 1.14. The lowest BCUT2D eigenvalue weighted by Crippen LogP contribution is -2.52. The molecular formula is C44H50N4O7S. The lowest BCUT2D eigenvalue weighted by atomic mass is 9.90. The highest BCUT2D eigenvalue weighted by molar-refractivity contribution is 7.99. The standard InChI is InChI=1S/C44H50N4O7S/c1-2-31-16-19-34(20-17-31)35-21-23-36(24-22-35)41(50)45-26-10-9-15-37(42(51)47-54)27-40(49)38(25-18-32-11-5-3-6-12-32)46-43(52)39-29-56-30-48(39)44(53)55-28-33-13-7-4-8-14-33/h3-8,11-14,16-17,19-24,37-39,54H,2,9-10,15,18,25-30H2,1H3,(H,45,50)(H,46,52)(H,47,51)/t37-,38+,39+/m1/s1. The van der Waals surface area contributed by atoms with Gasteiger partial charge in [-0.1, -0.05) is 110 Å². The summed E-state index contributed by atoms with van der Waals surface area (Å²) in [5.41, 5.74) is 7.39. The van der Waals surface area contributed by atoms with Gasteiger partial charge in [-0.05, 0) is 72.1 Å². The first-order chi connectivity index (χ1) is 27.2. The Bertz CT molecular complexity index is 1890. The lowest BCUT2D eigenvalue weighted by Gasteiger charge is -2.26. The number of amides is 4. The highest BCUT2D eigenvalue weighted by Crippen LogP contribution is 2.24. The summed E-state index contributed by atoms with van der Waals surface area (Å²) in [6.45, 7) is 2.54. The first kappa shape index (κ1) is 41.7. The second kappa shape index (κ2) is 21.6. The normalized spacial score (nSPS) is 14.7. The van der Waals surface area contributed by atoms with Crippen molar-refractivity contribution in [3.63, 3.8) is 0 Å². The van der Waals surface area contributed by atoms with Crippen LogP contribution in [0.1, 0.15) is 66.1 Å². The molecule has 0 spiro atoms. The number of hydrogen-bond acceptors (Lipinski definition) is 8. The molecule has 0 aliphatic carbocycles. The highest BCUT2D eigenvalue weighted by atomic mass is 32.2. The van der Waals surface area contributed by atoms with Crippen LogP contribution < -0.4 is 16.1 Å². The number of ketones is 1. The monoisotopic (exact) mass is 778 g/mol. The quantitative estimate of drug-likeness (QED) is 0.0465. The minimum atomic E-state index is -0.939. The van der Waals surface area contributed by atoms with Crippen LogP contribution in [0.4, 0.5) is 4.79 Å². The van der Waals surface area contributed by atoms with Gasteiger partial charge in [-0.15, -0.1) is 11.8 Å². The second-order valence-electron chi connectivity index (χ2n) is 13.8. The van der Waals surface area contributed by atoms with Crippen LogP contribution in [0, 0.1) is 5.92 Å². The minimum Gasteiger partial charge on any atom is -0.445 e. The van der Waals surface area contributed by atoms with Crippen LogP contribution in [0.25, 0.3) is 11.1 Å². The molecular weight excluding hydrogens is 729 g/mol. The SMILES string of the molecule is CCc1ccc(-c2ccc(C(=O)NCCCC[C@H](CC(=O)[C@H](CCc3ccccc3)NC(=O)[C@@H]3CSCN3C(=O)OCc3ccccc3)C(=O)NO)cc2)cc1. The minimum absolute atomic E-state index is 0.0663. The van der Waals surface area contributed by atoms with Crippen molar-refractivity contribution in [1.82, 2.24) is 21.0 Å². The molecule has 1 heterocycles. The van der Waals surface area contributed by atoms with Crippen molar-refractivity contribution in [2.24, 2.45) is 5.92 Å². The van der Waals surface area contributed by atoms with Crippen LogP contribution in [0.5, 0.6) is 0 Å². The van der Waals surface area contributed by atoms with Gasteiger partial charge < -0.3 is 15.4 Å². The van der Waals surface area contributed by atoms with Crippen molar-refractivity contribution in [3.05, 3.63) is 131 Å². The van der Waals surface area contributed by atoms with E-state index < -0.39 is 35.9 Å². The van der Waals surface area contributed by atoms with E-state index in [9.17, 15) is 29.2 Å². The van der Waals surface area contributed by atoms with E-state index in [0.717, 1.165) is 28.7 Å². The molecule has 0 unspecified atom stereocenters. The third-order valence-electron chi connectivity index (χ3n) is 9.93. The number of Topliss-reactive ketones (excluding diaryl/α,β-unsaturated/α-hetero) is 1. The number of ether oxygens (including phenoxy) is 1. The van der Waals surface area contributed by atoms with Gasteiger partial charge in [-0.25, -0.2) is 10.3 Å². The van der Waals surface area contributed by atoms with E-state index in [1.165, 1.54) is 22.2 Å². The van der Waals surface area contributed by atoms with Gasteiger partial charge in [-0.2, -0.15) is 0 Å². The molecule has 4 aromatic carbocycles. The molecule has 12 heteroatoms. The number of nitrogens with zero attached hydrogens (tertiary/aromatic N) is 1. The number of thioether (sulfide) groups is 1. The topological polar surface area (TPSA) is 154 Å². The number of aryl methyl sites for hydroxylation is 2. The molecule has 4 N–H and O–H groups in total. The van der Waals surface area contributed by atoms with Crippen LogP contribution in [0.3, 0.4) is 0 Å². The van der Waals surface area contributed by atoms with E-state index in [2.05, 4.69) is 41.8 Å². The molecule has 1 saturated heterocycles. The van der Waals surface area contributed by atoms with Crippen molar-refractivity contribution in [2.75, 3.05) is 18.2 Å². The maximum Gasteiger partial charge on any atom is 0.411 e. The molecule has 3 atom stereocenters. The second-order valence-corrected chi connectivity index (χ2v) is 14.8. The van der Waals surface area contributed by atoms with E-state index in [1.807, 2.05) is 72.8 Å². The van der Waals surface area contributed by atoms with E-state index in [4.69, 9.17) is 4.74 Å². The molecule has 1 fully saturated rings. The highest BCUT2D eigenvalue weighted by Gasteiger charge is 2.38. The first-order valence-corrected chi connectivity index (χ1v) is 20.2. The Morgan fingerprint density at radius 2 is 1.45 bits per heavy atom. The van der Waals surface area contributed by atoms with Gasteiger partial charge in [0.2, 0.25) is 11.8 Å². The van der Waals surface area contributed by atoms with Crippen LogP contribution in [0.2, 0.25) is 0 Å². The Hall–Kier alpha value is -5.46. The summed E-state index contributed by atoms with van der Waals surface area (Å²) in [5, 5.41) is 15.3. The average molecular weight is 779 g/mol. The number of carbonyl (C=O) groups is 5. The summed E-state index contributed by atoms with van der Waals surface area (Å²) in [4.78, 5) is 67.5. The van der Waals surface area contributed by atoms with Gasteiger partial charge in [0.25, 0.3) is 5.91 Å². The molecule has 0 radical (unpaired) electrons. The molecule has 1 aliphatic rings. The summed E-state index contributed by atoms with van der Waals surface area (Å²) in [6.07, 6.45) is 2.23. The van der Waals surface area contributed by atoms with Crippen LogP contribution in [-0.2, 0) is 38.6 Å². The summed E-state index contributed by atoms with van der Waals surface area (Å²) < 4.78 is 5.49. The summed E-state index contributed by atoms with van der Waals surface area (Å²) in [5.74, 6) is -1.98. The van der Waals surface area contributed by atoms with Gasteiger partial charge in [0, 0.05) is 30.2 Å². The number of benzene rings is 4. The number of nitrogens with one attached hydrogen (secondary N) is 3. The zero-order valence-electron chi connectivity index (χ0n) is 31.7. The number of hydrogen-bond donors (Lipinski definition) is 4. The number of rotatable bonds is 19. The molecule has 4 aromatic rings. The zero-order valence-corrected chi connectivity index (χ0v) is 32.5. The van der Waals surface area contributed by atoms with Crippen molar-refractivity contribution in [2.45, 2.75) is 70.6 Å². The fourth-order valence-electron chi connectivity index (χ4n) is 6.55. The van der Waals surface area contributed by atoms with Gasteiger partial charge in [-0.3, -0.25) is 29.3 Å². The predicted octanol–water partition coefficient (Wildman–Crippen LogP) is 6.73. The predicted molar refractivity (Wildman–Crippen MR) is 217 cm³/mol. The van der Waals surface area contributed by atoms with Crippen molar-refractivity contribution in [1.29, 1.82) is 0 Å². The third-order valence-corrected chi connectivity index (χ3v) is 10.9. The lowest BCUT2D eigenvalue weighted by molar-refractivity contribution is -0.137. The fourth-order valence-corrected chi connectivity index (χ4v) is 7.69. The van der Waals surface area contributed by atoms with Gasteiger partial charge in [0.05, 0.1) is 11.9 Å². The summed E-state index contributed by atoms with van der Waals surface area (Å²) in [7, 11) is 0. The molecule has 4 amide bonds. The van der Waals surface area contributed by atoms with Crippen molar-refractivity contribution in [3.8, 4) is 11.1 Å². The number of unbranched alkanes of at least 4 members (excludes halogenated alkanes) is 1. The average Bonchev–Trinajstić information content (AvgIpc) is 3.75. The summed E-state index contributed by atoms with van der Waals surface area (Å²) in [6, 6.07) is 32.8. The largest absolute Gasteiger partial charge is 0.445 e. The van der Waals surface area contributed by atoms with Gasteiger partial charge in [0.1, 0.15) is 12.6 Å². The zero-order chi connectivity index (χ0) is 39.7. The Labute approximate surface area is 332 Å². The first-order valence-electron chi connectivity index (χ1n) is 19.1. The third kappa shape index (κ3) is 12.3. The smallest absolute Gasteiger partial charge is 0.411 e. The van der Waals surface area contributed by atoms with Crippen molar-refractivity contribution < 1.29 is 33.9 Å². The fraction of sp³-hybridized carbons (Fsp3) is 0.341. The van der Waals surface area contributed by atoms with Gasteiger partial charge in [0.15, 0.2) is 5.78 Å².